The molecule has 0 saturated heterocycles. The smallest absolute Gasteiger partial charge is 0.211 e. The van der Waals surface area contributed by atoms with Crippen molar-refractivity contribution in [3.05, 3.63) is 0 Å². The maximum Gasteiger partial charge on any atom is 0.235 e. The zero-order valence-corrected chi connectivity index (χ0v) is 6.34. The quantitative estimate of drug-likeness (QED) is 0.403. The van der Waals surface area contributed by atoms with Crippen LogP contribution in [0, 0.1) is 5.92 Å². The largest absolute Gasteiger partial charge is 0.235 e. The Labute approximate surface area is 61.3 Å². The molecular weight excluding hydrogens is 126 g/mol. The third-order valence-corrected chi connectivity index (χ3v) is 2.28. The Morgan fingerprint density at radius 1 is 1.40 bits per heavy atom. The second kappa shape index (κ2) is 3.52. The number of hydrogen-bond acceptors (Lipinski definition) is 2. The molecule has 0 radical (unpaired) electrons. The molecule has 1 rings (SSSR count). The Hall–Kier alpha value is -0.620. The number of hydrogen-bond donors (Lipinski definition) is 0. The molecule has 0 amide bonds. The van der Waals surface area contributed by atoms with Crippen molar-refractivity contribution in [2.24, 2.45) is 10.9 Å². The molecule has 0 spiro atoms. The molecule has 0 N–H and O–H groups in total. The van der Waals surface area contributed by atoms with Crippen LogP contribution >= 0.6 is 0 Å². The SMILES string of the molecule is C[C@@H]1CCCC[C@H]1N=C=O. The lowest BCUT2D eigenvalue weighted by Crippen LogP contribution is -2.19. The molecule has 0 unspecified atom stereocenters. The maximum atomic E-state index is 9.93. The van der Waals surface area contributed by atoms with E-state index in [-0.39, 0.29) is 6.04 Å². The molecule has 2 atom stereocenters. The van der Waals surface area contributed by atoms with Crippen molar-refractivity contribution in [2.45, 2.75) is 38.6 Å². The number of aliphatic imine (C=N–C) groups is 1. The van der Waals surface area contributed by atoms with Crippen LogP contribution in [-0.4, -0.2) is 12.1 Å². The van der Waals surface area contributed by atoms with Gasteiger partial charge in [-0.1, -0.05) is 19.8 Å². The van der Waals surface area contributed by atoms with Crippen LogP contribution in [0.5, 0.6) is 0 Å². The van der Waals surface area contributed by atoms with E-state index in [9.17, 15) is 4.79 Å². The summed E-state index contributed by atoms with van der Waals surface area (Å²) in [6, 6.07) is 0.270. The van der Waals surface area contributed by atoms with Crippen molar-refractivity contribution in [1.82, 2.24) is 0 Å². The first kappa shape index (κ1) is 7.49. The lowest BCUT2D eigenvalue weighted by atomic mass is 9.86. The first-order valence-electron chi connectivity index (χ1n) is 3.91. The summed E-state index contributed by atoms with van der Waals surface area (Å²) in [5.74, 6) is 0.593. The molecule has 2 nitrogen and oxygen atoms in total. The Morgan fingerprint density at radius 2 is 2.10 bits per heavy atom. The van der Waals surface area contributed by atoms with Gasteiger partial charge in [0, 0.05) is 0 Å². The summed E-state index contributed by atoms with van der Waals surface area (Å²) in [5, 5.41) is 0. The fourth-order valence-corrected chi connectivity index (χ4v) is 1.56. The second-order valence-corrected chi connectivity index (χ2v) is 3.05. The van der Waals surface area contributed by atoms with E-state index in [1.807, 2.05) is 0 Å². The third kappa shape index (κ3) is 1.68. The number of rotatable bonds is 1. The highest BCUT2D eigenvalue weighted by molar-refractivity contribution is 5.33. The Kier molecular flexibility index (Phi) is 2.64. The van der Waals surface area contributed by atoms with Crippen molar-refractivity contribution >= 4 is 6.08 Å². The minimum absolute atomic E-state index is 0.270. The molecule has 10 heavy (non-hydrogen) atoms. The van der Waals surface area contributed by atoms with Gasteiger partial charge in [0.25, 0.3) is 0 Å². The molecule has 0 aliphatic heterocycles. The average Bonchev–Trinajstić information content (AvgIpc) is 1.94. The van der Waals surface area contributed by atoms with Crippen LogP contribution in [0.2, 0.25) is 0 Å². The van der Waals surface area contributed by atoms with Crippen LogP contribution in [0.3, 0.4) is 0 Å². The molecular formula is C8H13NO. The van der Waals surface area contributed by atoms with Crippen LogP contribution < -0.4 is 0 Å². The van der Waals surface area contributed by atoms with Crippen LogP contribution in [0.25, 0.3) is 0 Å². The van der Waals surface area contributed by atoms with Gasteiger partial charge in [-0.3, -0.25) is 0 Å². The number of isocyanates is 1. The molecule has 56 valence electrons. The summed E-state index contributed by atoms with van der Waals surface area (Å²) in [5.41, 5.74) is 0. The minimum atomic E-state index is 0.270. The van der Waals surface area contributed by atoms with E-state index in [4.69, 9.17) is 0 Å². The summed E-state index contributed by atoms with van der Waals surface area (Å²) < 4.78 is 0. The summed E-state index contributed by atoms with van der Waals surface area (Å²) in [6.07, 6.45) is 6.46. The molecule has 1 saturated carbocycles. The minimum Gasteiger partial charge on any atom is -0.211 e. The number of carbonyl (C=O) groups excluding carboxylic acids is 1. The monoisotopic (exact) mass is 139 g/mol. The summed E-state index contributed by atoms with van der Waals surface area (Å²) in [7, 11) is 0. The molecule has 0 aromatic heterocycles. The third-order valence-electron chi connectivity index (χ3n) is 2.28. The molecule has 1 aliphatic rings. The highest BCUT2D eigenvalue weighted by atomic mass is 16.1. The molecule has 0 heterocycles. The average molecular weight is 139 g/mol. The summed E-state index contributed by atoms with van der Waals surface area (Å²) >= 11 is 0. The highest BCUT2D eigenvalue weighted by Gasteiger charge is 2.19. The van der Waals surface area contributed by atoms with Gasteiger partial charge in [0.15, 0.2) is 0 Å². The van der Waals surface area contributed by atoms with Gasteiger partial charge in [-0.15, -0.1) is 0 Å². The van der Waals surface area contributed by atoms with E-state index >= 15 is 0 Å². The molecule has 0 aromatic carbocycles. The van der Waals surface area contributed by atoms with Gasteiger partial charge in [0.1, 0.15) is 0 Å². The molecule has 0 aromatic rings. The van der Waals surface area contributed by atoms with E-state index < -0.39 is 0 Å². The van der Waals surface area contributed by atoms with Gasteiger partial charge in [-0.25, -0.2) is 9.79 Å². The van der Waals surface area contributed by atoms with Crippen molar-refractivity contribution < 1.29 is 4.79 Å². The molecule has 1 aliphatic carbocycles. The highest BCUT2D eigenvalue weighted by Crippen LogP contribution is 2.25. The van der Waals surface area contributed by atoms with E-state index in [2.05, 4.69) is 11.9 Å². The Morgan fingerprint density at radius 3 is 2.70 bits per heavy atom. The Bertz CT molecular complexity index is 149. The predicted molar refractivity (Wildman–Crippen MR) is 39.5 cm³/mol. The lowest BCUT2D eigenvalue weighted by molar-refractivity contribution is 0.332. The van der Waals surface area contributed by atoms with Crippen LogP contribution in [0.15, 0.2) is 4.99 Å². The van der Waals surface area contributed by atoms with Crippen molar-refractivity contribution in [3.8, 4) is 0 Å². The van der Waals surface area contributed by atoms with Gasteiger partial charge >= 0.3 is 0 Å². The fourth-order valence-electron chi connectivity index (χ4n) is 1.56. The van der Waals surface area contributed by atoms with Gasteiger partial charge in [-0.2, -0.15) is 0 Å². The predicted octanol–water partition coefficient (Wildman–Crippen LogP) is 1.90. The van der Waals surface area contributed by atoms with Crippen LogP contribution in [-0.2, 0) is 4.79 Å². The van der Waals surface area contributed by atoms with E-state index in [0.29, 0.717) is 5.92 Å². The summed E-state index contributed by atoms with van der Waals surface area (Å²) in [4.78, 5) is 13.7. The van der Waals surface area contributed by atoms with Crippen LogP contribution in [0.1, 0.15) is 32.6 Å². The zero-order valence-electron chi connectivity index (χ0n) is 6.34. The maximum absolute atomic E-state index is 9.93. The van der Waals surface area contributed by atoms with Crippen molar-refractivity contribution in [2.75, 3.05) is 0 Å². The van der Waals surface area contributed by atoms with Gasteiger partial charge in [0.2, 0.25) is 6.08 Å². The second-order valence-electron chi connectivity index (χ2n) is 3.05. The van der Waals surface area contributed by atoms with Gasteiger partial charge < -0.3 is 0 Å². The molecule has 1 fully saturated rings. The standard InChI is InChI=1S/C8H13NO/c1-7-4-2-3-5-8(7)9-6-10/h7-8H,2-5H2,1H3/t7-,8-/m1/s1. The lowest BCUT2D eigenvalue weighted by Gasteiger charge is -2.23. The number of nitrogens with zero attached hydrogens (tertiary/aromatic N) is 1. The Balaban J connectivity index is 2.47. The topological polar surface area (TPSA) is 29.4 Å². The fraction of sp³-hybridized carbons (Fsp3) is 0.875. The summed E-state index contributed by atoms with van der Waals surface area (Å²) in [6.45, 7) is 2.16. The van der Waals surface area contributed by atoms with Crippen molar-refractivity contribution in [3.63, 3.8) is 0 Å². The molecule has 2 heteroatoms. The van der Waals surface area contributed by atoms with Crippen molar-refractivity contribution in [1.29, 1.82) is 0 Å². The normalized spacial score (nSPS) is 32.9. The van der Waals surface area contributed by atoms with E-state index in [1.165, 1.54) is 19.3 Å². The van der Waals surface area contributed by atoms with Gasteiger partial charge in [-0.05, 0) is 18.8 Å². The first-order valence-corrected chi connectivity index (χ1v) is 3.91. The van der Waals surface area contributed by atoms with E-state index in [0.717, 1.165) is 6.42 Å². The van der Waals surface area contributed by atoms with Gasteiger partial charge in [0.05, 0.1) is 6.04 Å². The van der Waals surface area contributed by atoms with E-state index in [1.54, 1.807) is 6.08 Å². The van der Waals surface area contributed by atoms with Crippen LogP contribution in [0.4, 0.5) is 0 Å². The first-order chi connectivity index (χ1) is 4.84. The molecule has 0 bridgehead atoms. The zero-order chi connectivity index (χ0) is 7.40.